The predicted octanol–water partition coefficient (Wildman–Crippen LogP) is 3.48. The highest BCUT2D eigenvalue weighted by atomic mass is 35.5. The molecule has 0 aliphatic heterocycles. The van der Waals surface area contributed by atoms with Crippen LogP contribution >= 0.6 is 11.6 Å². The van der Waals surface area contributed by atoms with E-state index in [0.717, 1.165) is 10.9 Å². The second-order valence-corrected chi connectivity index (χ2v) is 6.06. The number of halogens is 1. The number of rotatable bonds is 5. The Hall–Kier alpha value is -2.79. The number of fused-ring (bicyclic) bond motifs is 1. The van der Waals surface area contributed by atoms with Crippen LogP contribution in [0, 0.1) is 0 Å². The quantitative estimate of drug-likeness (QED) is 0.656. The summed E-state index contributed by atoms with van der Waals surface area (Å²) < 4.78 is 10.6. The molecule has 1 aromatic heterocycles. The van der Waals surface area contributed by atoms with Gasteiger partial charge in [0.1, 0.15) is 11.3 Å². The van der Waals surface area contributed by atoms with Gasteiger partial charge in [0, 0.05) is 36.1 Å². The van der Waals surface area contributed by atoms with Crippen molar-refractivity contribution in [2.75, 3.05) is 13.7 Å². The summed E-state index contributed by atoms with van der Waals surface area (Å²) in [5, 5.41) is 1.45. The Morgan fingerprint density at radius 2 is 1.84 bits per heavy atom. The lowest BCUT2D eigenvalue weighted by molar-refractivity contribution is -0.132. The fraction of sp³-hybridized carbons (Fsp3) is 0.158. The van der Waals surface area contributed by atoms with Gasteiger partial charge in [0.2, 0.25) is 0 Å². The van der Waals surface area contributed by atoms with Gasteiger partial charge < -0.3 is 14.1 Å². The van der Waals surface area contributed by atoms with Crippen LogP contribution in [0.1, 0.15) is 5.56 Å². The van der Waals surface area contributed by atoms with Crippen molar-refractivity contribution in [2.45, 2.75) is 6.54 Å². The van der Waals surface area contributed by atoms with Crippen molar-refractivity contribution < 1.29 is 13.9 Å². The molecule has 0 radical (unpaired) electrons. The Morgan fingerprint density at radius 3 is 2.60 bits per heavy atom. The van der Waals surface area contributed by atoms with E-state index < -0.39 is 5.63 Å². The van der Waals surface area contributed by atoms with Crippen LogP contribution in [0.4, 0.5) is 0 Å². The lowest BCUT2D eigenvalue weighted by atomic mass is 10.2. The number of benzene rings is 2. The summed E-state index contributed by atoms with van der Waals surface area (Å²) in [5.74, 6) is 0.305. The highest BCUT2D eigenvalue weighted by molar-refractivity contribution is 6.30. The summed E-state index contributed by atoms with van der Waals surface area (Å²) in [4.78, 5) is 25.0. The zero-order valence-electron chi connectivity index (χ0n) is 13.6. The Morgan fingerprint density at radius 1 is 1.12 bits per heavy atom. The standard InChI is InChI=1S/C19H16ClNO4/c1-21(11-13-2-6-15(20)7-3-13)18(22)12-24-16-8-4-14-5-9-19(23)25-17(14)10-16/h2-10H,11-12H2,1H3. The van der Waals surface area contributed by atoms with Crippen molar-refractivity contribution in [1.82, 2.24) is 4.90 Å². The number of nitrogens with zero attached hydrogens (tertiary/aromatic N) is 1. The average molecular weight is 358 g/mol. The minimum atomic E-state index is -0.427. The molecule has 128 valence electrons. The molecule has 25 heavy (non-hydrogen) atoms. The Kier molecular flexibility index (Phi) is 5.05. The van der Waals surface area contributed by atoms with Gasteiger partial charge in [0.25, 0.3) is 5.91 Å². The van der Waals surface area contributed by atoms with E-state index in [2.05, 4.69) is 0 Å². The van der Waals surface area contributed by atoms with Crippen LogP contribution in [-0.4, -0.2) is 24.5 Å². The van der Waals surface area contributed by atoms with Gasteiger partial charge >= 0.3 is 5.63 Å². The lowest BCUT2D eigenvalue weighted by Crippen LogP contribution is -2.30. The van der Waals surface area contributed by atoms with Gasteiger partial charge in [-0.15, -0.1) is 0 Å². The number of carbonyl (C=O) groups is 1. The maximum Gasteiger partial charge on any atom is 0.336 e. The number of amides is 1. The molecule has 2 aromatic carbocycles. The number of hydrogen-bond donors (Lipinski definition) is 0. The molecule has 0 N–H and O–H groups in total. The van der Waals surface area contributed by atoms with E-state index in [0.29, 0.717) is 22.9 Å². The normalized spacial score (nSPS) is 10.6. The van der Waals surface area contributed by atoms with Gasteiger partial charge in [0.05, 0.1) is 0 Å². The minimum absolute atomic E-state index is 0.105. The van der Waals surface area contributed by atoms with Crippen molar-refractivity contribution in [1.29, 1.82) is 0 Å². The van der Waals surface area contributed by atoms with Crippen molar-refractivity contribution >= 4 is 28.5 Å². The monoisotopic (exact) mass is 357 g/mol. The molecule has 0 unspecified atom stereocenters. The van der Waals surface area contributed by atoms with E-state index in [1.54, 1.807) is 48.3 Å². The van der Waals surface area contributed by atoms with E-state index in [-0.39, 0.29) is 12.5 Å². The van der Waals surface area contributed by atoms with Crippen LogP contribution in [0.3, 0.4) is 0 Å². The first-order valence-corrected chi connectivity index (χ1v) is 8.04. The van der Waals surface area contributed by atoms with Crippen molar-refractivity contribution in [3.8, 4) is 5.75 Å². The predicted molar refractivity (Wildman–Crippen MR) is 95.9 cm³/mol. The zero-order valence-corrected chi connectivity index (χ0v) is 14.3. The zero-order chi connectivity index (χ0) is 17.8. The molecule has 0 aliphatic rings. The second-order valence-electron chi connectivity index (χ2n) is 5.62. The Labute approximate surface area is 149 Å². The summed E-state index contributed by atoms with van der Waals surface area (Å²) in [6.45, 7) is 0.360. The SMILES string of the molecule is CN(Cc1ccc(Cl)cc1)C(=O)COc1ccc2ccc(=O)oc2c1. The van der Waals surface area contributed by atoms with Crippen LogP contribution in [0.25, 0.3) is 11.0 Å². The lowest BCUT2D eigenvalue weighted by Gasteiger charge is -2.17. The van der Waals surface area contributed by atoms with Gasteiger partial charge in [-0.25, -0.2) is 4.79 Å². The molecule has 1 heterocycles. The Bertz CT molecular complexity index is 950. The fourth-order valence-electron chi connectivity index (χ4n) is 2.34. The summed E-state index contributed by atoms with van der Waals surface area (Å²) in [7, 11) is 1.71. The number of carbonyl (C=O) groups excluding carboxylic acids is 1. The first-order valence-electron chi connectivity index (χ1n) is 7.66. The first-order chi connectivity index (χ1) is 12.0. The summed E-state index contributed by atoms with van der Waals surface area (Å²) in [6, 6.07) is 15.5. The number of ether oxygens (including phenoxy) is 1. The van der Waals surface area contributed by atoms with E-state index >= 15 is 0 Å². The van der Waals surface area contributed by atoms with Gasteiger partial charge in [-0.05, 0) is 35.9 Å². The van der Waals surface area contributed by atoms with Crippen molar-refractivity contribution in [2.24, 2.45) is 0 Å². The van der Waals surface area contributed by atoms with E-state index in [1.807, 2.05) is 12.1 Å². The Balaban J connectivity index is 1.61. The molecule has 0 fully saturated rings. The molecule has 0 saturated heterocycles. The average Bonchev–Trinajstić information content (AvgIpc) is 2.61. The molecule has 0 spiro atoms. The van der Waals surface area contributed by atoms with Crippen LogP contribution in [0.5, 0.6) is 5.75 Å². The number of hydrogen-bond acceptors (Lipinski definition) is 4. The molecular weight excluding hydrogens is 342 g/mol. The largest absolute Gasteiger partial charge is 0.484 e. The van der Waals surface area contributed by atoms with Gasteiger partial charge in [-0.2, -0.15) is 0 Å². The third-order valence-corrected chi connectivity index (χ3v) is 3.97. The smallest absolute Gasteiger partial charge is 0.336 e. The van der Waals surface area contributed by atoms with Crippen molar-refractivity contribution in [3.05, 3.63) is 75.6 Å². The molecule has 0 bridgehead atoms. The second kappa shape index (κ2) is 7.40. The van der Waals surface area contributed by atoms with Gasteiger partial charge in [0.15, 0.2) is 6.61 Å². The van der Waals surface area contributed by atoms with Crippen LogP contribution in [0.2, 0.25) is 5.02 Å². The van der Waals surface area contributed by atoms with Crippen LogP contribution < -0.4 is 10.4 Å². The molecule has 0 aliphatic carbocycles. The summed E-state index contributed by atoms with van der Waals surface area (Å²) >= 11 is 5.85. The molecular formula is C19H16ClNO4. The highest BCUT2D eigenvalue weighted by Gasteiger charge is 2.11. The molecule has 0 atom stereocenters. The third kappa shape index (κ3) is 4.39. The first kappa shape index (κ1) is 17.0. The maximum absolute atomic E-state index is 12.2. The molecule has 3 aromatic rings. The van der Waals surface area contributed by atoms with Crippen LogP contribution in [0.15, 0.2) is 63.8 Å². The summed E-state index contributed by atoms with van der Waals surface area (Å²) in [5.41, 5.74) is 0.975. The molecule has 1 amide bonds. The minimum Gasteiger partial charge on any atom is -0.484 e. The number of likely N-dealkylation sites (N-methyl/N-ethyl adjacent to an activating group) is 1. The van der Waals surface area contributed by atoms with Gasteiger partial charge in [-0.1, -0.05) is 23.7 Å². The van der Waals surface area contributed by atoms with Crippen molar-refractivity contribution in [3.63, 3.8) is 0 Å². The maximum atomic E-state index is 12.2. The topological polar surface area (TPSA) is 59.8 Å². The molecule has 5 nitrogen and oxygen atoms in total. The summed E-state index contributed by atoms with van der Waals surface area (Å²) in [6.07, 6.45) is 0. The highest BCUT2D eigenvalue weighted by Crippen LogP contribution is 2.19. The van der Waals surface area contributed by atoms with E-state index in [1.165, 1.54) is 6.07 Å². The molecule has 3 rings (SSSR count). The van der Waals surface area contributed by atoms with Crippen LogP contribution in [-0.2, 0) is 11.3 Å². The molecule has 0 saturated carbocycles. The van der Waals surface area contributed by atoms with Gasteiger partial charge in [-0.3, -0.25) is 4.79 Å². The third-order valence-electron chi connectivity index (χ3n) is 3.72. The van der Waals surface area contributed by atoms with E-state index in [4.69, 9.17) is 20.8 Å². The fourth-order valence-corrected chi connectivity index (χ4v) is 2.46. The van der Waals surface area contributed by atoms with E-state index in [9.17, 15) is 9.59 Å². The molecule has 6 heteroatoms.